The number of hydrogen-bond donors (Lipinski definition) is 3. The van der Waals surface area contributed by atoms with Gasteiger partial charge < -0.3 is 10.2 Å². The lowest BCUT2D eigenvalue weighted by Crippen LogP contribution is -1.88. The van der Waals surface area contributed by atoms with E-state index >= 15 is 0 Å². The Labute approximate surface area is 80.9 Å². The van der Waals surface area contributed by atoms with Gasteiger partial charge in [0.1, 0.15) is 0 Å². The summed E-state index contributed by atoms with van der Waals surface area (Å²) in [6.45, 7) is 2.05. The number of aryl methyl sites for hydroxylation is 1. The van der Waals surface area contributed by atoms with Crippen LogP contribution in [-0.2, 0) is 6.42 Å². The van der Waals surface area contributed by atoms with Crippen LogP contribution < -0.4 is 0 Å². The number of rotatable bonds is 1. The summed E-state index contributed by atoms with van der Waals surface area (Å²) in [6.07, 6.45) is 0.824. The van der Waals surface area contributed by atoms with Crippen LogP contribution >= 0.6 is 12.6 Å². The van der Waals surface area contributed by atoms with Gasteiger partial charge in [-0.25, -0.2) is 14.8 Å². The topological polar surface area (TPSA) is 83.3 Å². The van der Waals surface area contributed by atoms with Gasteiger partial charge in [-0.2, -0.15) is 0 Å². The summed E-state index contributed by atoms with van der Waals surface area (Å²) in [5.41, 5.74) is 1.04. The van der Waals surface area contributed by atoms with Crippen molar-refractivity contribution in [3.63, 3.8) is 0 Å². The molecule has 1 heterocycles. The van der Waals surface area contributed by atoms with Crippen LogP contribution in [0.25, 0.3) is 0 Å². The molecule has 5 nitrogen and oxygen atoms in total. The standard InChI is InChI=1S/C6H8N2S.CH2O3/c1-2-5-3-4-7-6(9)8-5;2-1(3)4/h3-4H,2H2,1H3,(H,7,8,9);(H2,2,3,4). The minimum atomic E-state index is -1.83. The lowest BCUT2D eigenvalue weighted by Gasteiger charge is -1.92. The fraction of sp³-hybridized carbons (Fsp3) is 0.286. The van der Waals surface area contributed by atoms with Gasteiger partial charge in [-0.15, -0.1) is 12.6 Å². The summed E-state index contributed by atoms with van der Waals surface area (Å²) in [4.78, 5) is 16.4. The largest absolute Gasteiger partial charge is 0.503 e. The zero-order valence-corrected chi connectivity index (χ0v) is 7.90. The lowest BCUT2D eigenvalue weighted by molar-refractivity contribution is 0.137. The molecule has 0 bridgehead atoms. The molecule has 0 radical (unpaired) electrons. The molecule has 1 rings (SSSR count). The van der Waals surface area contributed by atoms with Crippen LogP contribution in [0.1, 0.15) is 12.6 Å². The van der Waals surface area contributed by atoms with E-state index in [4.69, 9.17) is 15.0 Å². The first-order valence-corrected chi connectivity index (χ1v) is 3.93. The molecule has 0 saturated carbocycles. The number of carbonyl (C=O) groups is 1. The van der Waals surface area contributed by atoms with Gasteiger partial charge in [0, 0.05) is 11.9 Å². The summed E-state index contributed by atoms with van der Waals surface area (Å²) in [7, 11) is 0. The Morgan fingerprint density at radius 3 is 2.46 bits per heavy atom. The summed E-state index contributed by atoms with van der Waals surface area (Å²) in [6, 6.07) is 1.89. The van der Waals surface area contributed by atoms with Gasteiger partial charge in [0.15, 0.2) is 5.16 Å². The zero-order valence-electron chi connectivity index (χ0n) is 7.01. The van der Waals surface area contributed by atoms with Gasteiger partial charge in [0.2, 0.25) is 0 Å². The number of hydrogen-bond acceptors (Lipinski definition) is 4. The third-order valence-corrected chi connectivity index (χ3v) is 1.28. The molecule has 0 saturated heterocycles. The maximum absolute atomic E-state index is 8.56. The Kier molecular flexibility index (Phi) is 5.62. The molecule has 0 atom stereocenters. The van der Waals surface area contributed by atoms with Crippen LogP contribution in [0, 0.1) is 0 Å². The summed E-state index contributed by atoms with van der Waals surface area (Å²) < 4.78 is 0. The highest BCUT2D eigenvalue weighted by molar-refractivity contribution is 7.80. The van der Waals surface area contributed by atoms with E-state index in [2.05, 4.69) is 29.5 Å². The quantitative estimate of drug-likeness (QED) is 0.475. The molecule has 6 heteroatoms. The first-order chi connectivity index (χ1) is 6.06. The van der Waals surface area contributed by atoms with Gasteiger partial charge in [0.05, 0.1) is 0 Å². The molecular weight excluding hydrogens is 192 g/mol. The highest BCUT2D eigenvalue weighted by Crippen LogP contribution is 1.98. The maximum Gasteiger partial charge on any atom is 0.503 e. The molecule has 0 spiro atoms. The van der Waals surface area contributed by atoms with Crippen LogP contribution in [0.4, 0.5) is 4.79 Å². The van der Waals surface area contributed by atoms with E-state index < -0.39 is 6.16 Å². The third-order valence-electron chi connectivity index (χ3n) is 1.06. The zero-order chi connectivity index (χ0) is 10.3. The van der Waals surface area contributed by atoms with Gasteiger partial charge in [-0.3, -0.25) is 0 Å². The Hall–Kier alpha value is -1.30. The van der Waals surface area contributed by atoms with Crippen molar-refractivity contribution in [3.8, 4) is 0 Å². The van der Waals surface area contributed by atoms with Crippen LogP contribution in [0.3, 0.4) is 0 Å². The van der Waals surface area contributed by atoms with E-state index in [-0.39, 0.29) is 0 Å². The number of carboxylic acid groups (broad SMARTS) is 2. The lowest BCUT2D eigenvalue weighted by atomic mass is 10.3. The summed E-state index contributed by atoms with van der Waals surface area (Å²) >= 11 is 3.99. The molecule has 2 N–H and O–H groups in total. The molecule has 0 aliphatic carbocycles. The van der Waals surface area contributed by atoms with Gasteiger partial charge in [-0.05, 0) is 12.5 Å². The summed E-state index contributed by atoms with van der Waals surface area (Å²) in [5, 5.41) is 14.5. The molecule has 0 fully saturated rings. The second-order valence-electron chi connectivity index (χ2n) is 1.98. The Balaban J connectivity index is 0.000000310. The monoisotopic (exact) mass is 202 g/mol. The highest BCUT2D eigenvalue weighted by atomic mass is 32.1. The molecule has 0 aliphatic rings. The molecule has 1 aromatic heterocycles. The normalized spacial score (nSPS) is 8.46. The van der Waals surface area contributed by atoms with Crippen molar-refractivity contribution < 1.29 is 15.0 Å². The maximum atomic E-state index is 8.56. The predicted molar refractivity (Wildman–Crippen MR) is 49.3 cm³/mol. The molecule has 0 aromatic carbocycles. The van der Waals surface area contributed by atoms with Crippen molar-refractivity contribution in [1.29, 1.82) is 0 Å². The smallest absolute Gasteiger partial charge is 0.450 e. The van der Waals surface area contributed by atoms with Crippen molar-refractivity contribution in [1.82, 2.24) is 9.97 Å². The first kappa shape index (κ1) is 11.7. The molecule has 0 amide bonds. The van der Waals surface area contributed by atoms with Crippen molar-refractivity contribution in [2.24, 2.45) is 0 Å². The van der Waals surface area contributed by atoms with Crippen molar-refractivity contribution in [2.45, 2.75) is 18.5 Å². The SMILES string of the molecule is CCc1ccnc(S)n1.O=C(O)O. The second kappa shape index (κ2) is 6.24. The van der Waals surface area contributed by atoms with Gasteiger partial charge in [-0.1, -0.05) is 6.92 Å². The molecule has 72 valence electrons. The molecule has 13 heavy (non-hydrogen) atoms. The van der Waals surface area contributed by atoms with E-state index in [1.807, 2.05) is 6.07 Å². The Bertz CT molecular complexity index is 276. The van der Waals surface area contributed by atoms with E-state index in [1.165, 1.54) is 0 Å². The average Bonchev–Trinajstić information content (AvgIpc) is 2.03. The predicted octanol–water partition coefficient (Wildman–Crippen LogP) is 1.55. The van der Waals surface area contributed by atoms with Crippen molar-refractivity contribution >= 4 is 18.8 Å². The van der Waals surface area contributed by atoms with E-state index in [9.17, 15) is 0 Å². The van der Waals surface area contributed by atoms with E-state index in [1.54, 1.807) is 6.20 Å². The fourth-order valence-corrected chi connectivity index (χ4v) is 0.777. The highest BCUT2D eigenvalue weighted by Gasteiger charge is 1.89. The van der Waals surface area contributed by atoms with Crippen molar-refractivity contribution in [2.75, 3.05) is 0 Å². The Morgan fingerprint density at radius 1 is 1.62 bits per heavy atom. The molecule has 0 aliphatic heterocycles. The molecular formula is C7H10N2O3S. The van der Waals surface area contributed by atoms with Crippen LogP contribution in [-0.4, -0.2) is 26.3 Å². The number of aromatic nitrogens is 2. The first-order valence-electron chi connectivity index (χ1n) is 3.49. The van der Waals surface area contributed by atoms with Crippen LogP contribution in [0.2, 0.25) is 0 Å². The van der Waals surface area contributed by atoms with Gasteiger partial charge >= 0.3 is 6.16 Å². The minimum Gasteiger partial charge on any atom is -0.450 e. The van der Waals surface area contributed by atoms with Crippen LogP contribution in [0.5, 0.6) is 0 Å². The minimum absolute atomic E-state index is 0.550. The van der Waals surface area contributed by atoms with Crippen LogP contribution in [0.15, 0.2) is 17.4 Å². The molecule has 1 aromatic rings. The fourth-order valence-electron chi connectivity index (χ4n) is 0.581. The van der Waals surface area contributed by atoms with E-state index in [0.717, 1.165) is 12.1 Å². The third kappa shape index (κ3) is 7.07. The number of nitrogens with zero attached hydrogens (tertiary/aromatic N) is 2. The van der Waals surface area contributed by atoms with E-state index in [0.29, 0.717) is 5.16 Å². The average molecular weight is 202 g/mol. The number of thiol groups is 1. The Morgan fingerprint density at radius 2 is 2.15 bits per heavy atom. The van der Waals surface area contributed by atoms with Crippen molar-refractivity contribution in [3.05, 3.63) is 18.0 Å². The molecule has 0 unspecified atom stereocenters. The van der Waals surface area contributed by atoms with Gasteiger partial charge in [0.25, 0.3) is 0 Å². The second-order valence-corrected chi connectivity index (χ2v) is 2.38. The summed E-state index contributed by atoms with van der Waals surface area (Å²) in [5.74, 6) is 0.